The summed E-state index contributed by atoms with van der Waals surface area (Å²) < 4.78 is 5.84. The first-order chi connectivity index (χ1) is 9.80. The first kappa shape index (κ1) is 16.2. The molecule has 2 heterocycles. The van der Waals surface area contributed by atoms with E-state index in [1.54, 1.807) is 6.07 Å². The molecule has 0 N–H and O–H groups in total. The lowest BCUT2D eigenvalue weighted by Crippen LogP contribution is -2.53. The molecule has 0 bridgehead atoms. The Morgan fingerprint density at radius 2 is 2.24 bits per heavy atom. The minimum Gasteiger partial charge on any atom is -0.369 e. The van der Waals surface area contributed by atoms with Gasteiger partial charge < -0.3 is 9.64 Å². The number of rotatable bonds is 3. The number of hydrogen-bond donors (Lipinski definition) is 0. The maximum atomic E-state index is 12.7. The lowest BCUT2D eigenvalue weighted by Gasteiger charge is -2.41. The van der Waals surface area contributed by atoms with Gasteiger partial charge in [0.1, 0.15) is 5.15 Å². The molecule has 0 spiro atoms. The minimum atomic E-state index is -0.323. The van der Waals surface area contributed by atoms with Gasteiger partial charge >= 0.3 is 0 Å². The maximum Gasteiger partial charge on any atom is 0.254 e. The van der Waals surface area contributed by atoms with Gasteiger partial charge in [-0.2, -0.15) is 0 Å². The van der Waals surface area contributed by atoms with Crippen LogP contribution in [0.1, 0.15) is 50.2 Å². The number of hydrogen-bond acceptors (Lipinski definition) is 3. The Morgan fingerprint density at radius 1 is 1.52 bits per heavy atom. The number of carbonyl (C=O) groups is 1. The van der Waals surface area contributed by atoms with Crippen LogP contribution in [0.5, 0.6) is 0 Å². The molecule has 116 valence electrons. The van der Waals surface area contributed by atoms with Crippen LogP contribution >= 0.6 is 11.6 Å². The molecule has 1 aliphatic rings. The quantitative estimate of drug-likeness (QED) is 0.804. The second-order valence-corrected chi connectivity index (χ2v) is 6.68. The fourth-order valence-electron chi connectivity index (χ4n) is 2.85. The number of aryl methyl sites for hydroxylation is 1. The third-order valence-electron chi connectivity index (χ3n) is 3.46. The van der Waals surface area contributed by atoms with E-state index in [0.717, 1.165) is 18.5 Å². The van der Waals surface area contributed by atoms with Crippen LogP contribution in [0.15, 0.2) is 12.1 Å². The van der Waals surface area contributed by atoms with Gasteiger partial charge in [-0.15, -0.1) is 0 Å². The molecule has 1 atom stereocenters. The summed E-state index contributed by atoms with van der Waals surface area (Å²) in [5.41, 5.74) is 1.16. The topological polar surface area (TPSA) is 42.4 Å². The Kier molecular flexibility index (Phi) is 4.89. The van der Waals surface area contributed by atoms with Crippen molar-refractivity contribution in [2.45, 2.75) is 52.2 Å². The summed E-state index contributed by atoms with van der Waals surface area (Å²) in [5, 5.41) is 0.380. The number of carbonyl (C=O) groups excluding carboxylic acids is 1. The monoisotopic (exact) mass is 310 g/mol. The molecule has 1 aliphatic heterocycles. The van der Waals surface area contributed by atoms with Crippen LogP contribution in [0.25, 0.3) is 0 Å². The number of ether oxygens (including phenoxy) is 1. The van der Waals surface area contributed by atoms with E-state index in [-0.39, 0.29) is 17.6 Å². The van der Waals surface area contributed by atoms with Crippen LogP contribution in [-0.2, 0) is 11.2 Å². The van der Waals surface area contributed by atoms with E-state index in [2.05, 4.69) is 11.9 Å². The first-order valence-corrected chi connectivity index (χ1v) is 7.82. The number of aromatic nitrogens is 1. The van der Waals surface area contributed by atoms with E-state index < -0.39 is 0 Å². The highest BCUT2D eigenvalue weighted by Gasteiger charge is 2.34. The van der Waals surface area contributed by atoms with E-state index in [1.807, 2.05) is 31.7 Å². The molecule has 0 aromatic carbocycles. The minimum absolute atomic E-state index is 0.000113. The SMILES string of the molecule is CCCc1cc(C(=O)N2CC(C)OC(C)(C)C2)cc(Cl)n1. The number of morpholine rings is 1. The summed E-state index contributed by atoms with van der Waals surface area (Å²) >= 11 is 6.05. The molecule has 1 saturated heterocycles. The van der Waals surface area contributed by atoms with Crippen molar-refractivity contribution in [3.63, 3.8) is 0 Å². The van der Waals surface area contributed by atoms with E-state index in [9.17, 15) is 4.79 Å². The van der Waals surface area contributed by atoms with Gasteiger partial charge in [0, 0.05) is 24.3 Å². The molecule has 0 radical (unpaired) electrons. The molecular formula is C16H23ClN2O2. The second-order valence-electron chi connectivity index (χ2n) is 6.29. The summed E-state index contributed by atoms with van der Waals surface area (Å²) in [6, 6.07) is 3.50. The van der Waals surface area contributed by atoms with Crippen molar-refractivity contribution < 1.29 is 9.53 Å². The van der Waals surface area contributed by atoms with E-state index in [4.69, 9.17) is 16.3 Å². The molecule has 1 unspecified atom stereocenters. The Morgan fingerprint density at radius 3 is 2.86 bits per heavy atom. The Hall–Kier alpha value is -1.13. The van der Waals surface area contributed by atoms with Crippen LogP contribution in [0.3, 0.4) is 0 Å². The van der Waals surface area contributed by atoms with Gasteiger partial charge in [-0.25, -0.2) is 4.98 Å². The average Bonchev–Trinajstić information content (AvgIpc) is 2.35. The zero-order valence-corrected chi connectivity index (χ0v) is 13.9. The van der Waals surface area contributed by atoms with Crippen LogP contribution in [-0.4, -0.2) is 40.6 Å². The highest BCUT2D eigenvalue weighted by atomic mass is 35.5. The van der Waals surface area contributed by atoms with Gasteiger partial charge in [0.15, 0.2) is 0 Å². The molecular weight excluding hydrogens is 288 g/mol. The normalized spacial score (nSPS) is 21.4. The van der Waals surface area contributed by atoms with Gasteiger partial charge in [0.2, 0.25) is 0 Å². The maximum absolute atomic E-state index is 12.7. The number of amides is 1. The van der Waals surface area contributed by atoms with E-state index >= 15 is 0 Å². The Balaban J connectivity index is 2.23. The highest BCUT2D eigenvalue weighted by molar-refractivity contribution is 6.29. The number of halogens is 1. The third-order valence-corrected chi connectivity index (χ3v) is 3.65. The molecule has 1 amide bonds. The largest absolute Gasteiger partial charge is 0.369 e. The van der Waals surface area contributed by atoms with Gasteiger partial charge in [-0.05, 0) is 39.3 Å². The summed E-state index contributed by atoms with van der Waals surface area (Å²) in [6.07, 6.45) is 1.83. The van der Waals surface area contributed by atoms with E-state index in [1.165, 1.54) is 0 Å². The highest BCUT2D eigenvalue weighted by Crippen LogP contribution is 2.23. The lowest BCUT2D eigenvalue weighted by molar-refractivity contribution is -0.118. The molecule has 1 aromatic heterocycles. The molecule has 2 rings (SSSR count). The number of pyridine rings is 1. The van der Waals surface area contributed by atoms with Crippen molar-refractivity contribution in [2.24, 2.45) is 0 Å². The van der Waals surface area contributed by atoms with E-state index in [0.29, 0.717) is 23.8 Å². The van der Waals surface area contributed by atoms with Crippen molar-refractivity contribution in [1.29, 1.82) is 0 Å². The van der Waals surface area contributed by atoms with Crippen LogP contribution in [0.4, 0.5) is 0 Å². The molecule has 1 fully saturated rings. The molecule has 0 saturated carbocycles. The molecule has 0 aliphatic carbocycles. The molecule has 21 heavy (non-hydrogen) atoms. The Bertz CT molecular complexity index is 531. The first-order valence-electron chi connectivity index (χ1n) is 7.44. The second kappa shape index (κ2) is 6.32. The predicted octanol–water partition coefficient (Wildman–Crippen LogP) is 3.33. The van der Waals surface area contributed by atoms with Gasteiger partial charge in [-0.1, -0.05) is 24.9 Å². The molecule has 4 nitrogen and oxygen atoms in total. The lowest BCUT2D eigenvalue weighted by atomic mass is 10.0. The van der Waals surface area contributed by atoms with Crippen molar-refractivity contribution in [2.75, 3.05) is 13.1 Å². The van der Waals surface area contributed by atoms with Crippen molar-refractivity contribution >= 4 is 17.5 Å². The van der Waals surface area contributed by atoms with Crippen LogP contribution < -0.4 is 0 Å². The predicted molar refractivity (Wildman–Crippen MR) is 83.8 cm³/mol. The zero-order valence-electron chi connectivity index (χ0n) is 13.1. The number of nitrogens with zero attached hydrogens (tertiary/aromatic N) is 2. The van der Waals surface area contributed by atoms with Crippen molar-refractivity contribution in [1.82, 2.24) is 9.88 Å². The third kappa shape index (κ3) is 4.17. The average molecular weight is 311 g/mol. The fraction of sp³-hybridized carbons (Fsp3) is 0.625. The van der Waals surface area contributed by atoms with Gasteiger partial charge in [0.25, 0.3) is 5.91 Å². The van der Waals surface area contributed by atoms with Gasteiger partial charge in [0.05, 0.1) is 11.7 Å². The summed E-state index contributed by atoms with van der Waals surface area (Å²) in [7, 11) is 0. The molecule has 5 heteroatoms. The zero-order chi connectivity index (χ0) is 15.6. The summed E-state index contributed by atoms with van der Waals surface area (Å²) in [4.78, 5) is 18.8. The van der Waals surface area contributed by atoms with Crippen molar-refractivity contribution in [3.05, 3.63) is 28.5 Å². The Labute approximate surface area is 131 Å². The standard InChI is InChI=1S/C16H23ClN2O2/c1-5-6-13-7-12(8-14(17)18-13)15(20)19-9-11(2)21-16(3,4)10-19/h7-8,11H,5-6,9-10H2,1-4H3. The fourth-order valence-corrected chi connectivity index (χ4v) is 3.08. The summed E-state index contributed by atoms with van der Waals surface area (Å²) in [6.45, 7) is 9.26. The summed E-state index contributed by atoms with van der Waals surface area (Å²) in [5.74, 6) is -0.000113. The van der Waals surface area contributed by atoms with Crippen LogP contribution in [0, 0.1) is 0 Å². The molecule has 1 aromatic rings. The van der Waals surface area contributed by atoms with Crippen molar-refractivity contribution in [3.8, 4) is 0 Å². The smallest absolute Gasteiger partial charge is 0.254 e. The van der Waals surface area contributed by atoms with Gasteiger partial charge in [-0.3, -0.25) is 4.79 Å². The van der Waals surface area contributed by atoms with Crippen LogP contribution in [0.2, 0.25) is 5.15 Å².